The van der Waals surface area contributed by atoms with Crippen LogP contribution in [0.15, 0.2) is 94.6 Å². The van der Waals surface area contributed by atoms with Crippen molar-refractivity contribution in [3.05, 3.63) is 101 Å². The fraction of sp³-hybridized carbons (Fsp3) is 0.148. The number of hydrogen-bond donors (Lipinski definition) is 3. The standard InChI is InChI=1S/C27H27N5O3S/c1-18-24(26(34)32(31(18)3)22-12-8-5-9-13-22)30-25(33)19(2)36-23-16-14-21(15-17-23)29-27(35)28-20-10-6-4-7-11-20/h4-17,19H,1-3H3,(H,30,33)(H2,28,29,35). The molecule has 0 fully saturated rings. The predicted molar refractivity (Wildman–Crippen MR) is 145 cm³/mol. The maximum absolute atomic E-state index is 13.0. The van der Waals surface area contributed by atoms with Crippen molar-refractivity contribution in [1.29, 1.82) is 0 Å². The van der Waals surface area contributed by atoms with E-state index in [1.807, 2.05) is 60.7 Å². The van der Waals surface area contributed by atoms with E-state index in [2.05, 4.69) is 16.0 Å². The van der Waals surface area contributed by atoms with E-state index in [-0.39, 0.29) is 23.2 Å². The maximum Gasteiger partial charge on any atom is 0.323 e. The number of benzene rings is 3. The fourth-order valence-corrected chi connectivity index (χ4v) is 4.49. The van der Waals surface area contributed by atoms with Gasteiger partial charge in [0.05, 0.1) is 16.6 Å². The highest BCUT2D eigenvalue weighted by molar-refractivity contribution is 8.00. The molecule has 184 valence electrons. The number of carbonyl (C=O) groups excluding carboxylic acids is 2. The molecule has 1 aromatic heterocycles. The van der Waals surface area contributed by atoms with Crippen LogP contribution in [0.25, 0.3) is 5.69 Å². The lowest BCUT2D eigenvalue weighted by Gasteiger charge is -2.12. The van der Waals surface area contributed by atoms with E-state index < -0.39 is 5.25 Å². The summed E-state index contributed by atoms with van der Waals surface area (Å²) in [5.74, 6) is -0.268. The van der Waals surface area contributed by atoms with Gasteiger partial charge in [0.1, 0.15) is 5.69 Å². The number of urea groups is 1. The van der Waals surface area contributed by atoms with Crippen LogP contribution in [0.4, 0.5) is 21.9 Å². The normalized spacial score (nSPS) is 11.5. The zero-order chi connectivity index (χ0) is 25.7. The zero-order valence-corrected chi connectivity index (χ0v) is 21.0. The summed E-state index contributed by atoms with van der Waals surface area (Å²) in [5.41, 5.74) is 2.71. The molecule has 0 aliphatic heterocycles. The Labute approximate surface area is 213 Å². The summed E-state index contributed by atoms with van der Waals surface area (Å²) in [5, 5.41) is 7.91. The smallest absolute Gasteiger partial charge is 0.319 e. The van der Waals surface area contributed by atoms with Crippen LogP contribution in [-0.2, 0) is 11.8 Å². The fourth-order valence-electron chi connectivity index (χ4n) is 3.63. The molecule has 8 nitrogen and oxygen atoms in total. The maximum atomic E-state index is 13.0. The van der Waals surface area contributed by atoms with Crippen LogP contribution in [0.1, 0.15) is 12.6 Å². The van der Waals surface area contributed by atoms with Crippen molar-refractivity contribution in [3.8, 4) is 5.69 Å². The molecule has 0 radical (unpaired) electrons. The van der Waals surface area contributed by atoms with Crippen LogP contribution in [0.3, 0.4) is 0 Å². The van der Waals surface area contributed by atoms with Gasteiger partial charge in [-0.25, -0.2) is 9.48 Å². The highest BCUT2D eigenvalue weighted by atomic mass is 32.2. The minimum absolute atomic E-state index is 0.266. The lowest BCUT2D eigenvalue weighted by molar-refractivity contribution is -0.115. The Balaban J connectivity index is 1.37. The molecule has 0 aliphatic rings. The summed E-state index contributed by atoms with van der Waals surface area (Å²) in [6.45, 7) is 3.58. The summed E-state index contributed by atoms with van der Waals surface area (Å²) in [7, 11) is 1.78. The first-order chi connectivity index (χ1) is 17.3. The first-order valence-corrected chi connectivity index (χ1v) is 12.3. The number of nitrogens with zero attached hydrogens (tertiary/aromatic N) is 2. The largest absolute Gasteiger partial charge is 0.323 e. The van der Waals surface area contributed by atoms with Crippen LogP contribution in [0.5, 0.6) is 0 Å². The average molecular weight is 502 g/mol. The minimum atomic E-state index is -0.450. The van der Waals surface area contributed by atoms with Gasteiger partial charge in [-0.15, -0.1) is 11.8 Å². The number of amides is 3. The third-order valence-electron chi connectivity index (χ3n) is 5.63. The summed E-state index contributed by atoms with van der Waals surface area (Å²) >= 11 is 1.36. The van der Waals surface area contributed by atoms with Gasteiger partial charge < -0.3 is 16.0 Å². The number of rotatable bonds is 7. The molecule has 4 aromatic rings. The van der Waals surface area contributed by atoms with E-state index in [0.29, 0.717) is 17.1 Å². The Hall–Kier alpha value is -4.24. The van der Waals surface area contributed by atoms with Crippen molar-refractivity contribution in [1.82, 2.24) is 9.36 Å². The molecule has 3 N–H and O–H groups in total. The molecule has 0 saturated heterocycles. The van der Waals surface area contributed by atoms with Crippen LogP contribution in [0.2, 0.25) is 0 Å². The number of aromatic nitrogens is 2. The molecule has 0 bridgehead atoms. The number of thioether (sulfide) groups is 1. The number of hydrogen-bond acceptors (Lipinski definition) is 4. The first kappa shape index (κ1) is 24.9. The van der Waals surface area contributed by atoms with Crippen molar-refractivity contribution < 1.29 is 9.59 Å². The average Bonchev–Trinajstić information content (AvgIpc) is 3.09. The molecule has 1 unspecified atom stereocenters. The van der Waals surface area contributed by atoms with Gasteiger partial charge in [-0.2, -0.15) is 0 Å². The SMILES string of the molecule is Cc1c(NC(=O)C(C)Sc2ccc(NC(=O)Nc3ccccc3)cc2)c(=O)n(-c2ccccc2)n1C. The molecule has 0 aliphatic carbocycles. The molecular weight excluding hydrogens is 474 g/mol. The second-order valence-corrected chi connectivity index (χ2v) is 9.57. The molecule has 3 amide bonds. The van der Waals surface area contributed by atoms with E-state index in [4.69, 9.17) is 0 Å². The van der Waals surface area contributed by atoms with Crippen molar-refractivity contribution in [2.75, 3.05) is 16.0 Å². The molecule has 1 heterocycles. The summed E-state index contributed by atoms with van der Waals surface area (Å²) in [4.78, 5) is 39.0. The second-order valence-electron chi connectivity index (χ2n) is 8.16. The minimum Gasteiger partial charge on any atom is -0.319 e. The summed E-state index contributed by atoms with van der Waals surface area (Å²) in [6.07, 6.45) is 0. The lowest BCUT2D eigenvalue weighted by atomic mass is 10.3. The summed E-state index contributed by atoms with van der Waals surface area (Å²) < 4.78 is 3.26. The van der Waals surface area contributed by atoms with Crippen molar-refractivity contribution in [3.63, 3.8) is 0 Å². The molecule has 36 heavy (non-hydrogen) atoms. The van der Waals surface area contributed by atoms with E-state index >= 15 is 0 Å². The molecule has 0 saturated carbocycles. The Morgan fingerprint density at radius 2 is 1.36 bits per heavy atom. The predicted octanol–water partition coefficient (Wildman–Crippen LogP) is 5.25. The van der Waals surface area contributed by atoms with Gasteiger partial charge in [0.25, 0.3) is 5.56 Å². The van der Waals surface area contributed by atoms with E-state index in [0.717, 1.165) is 10.6 Å². The number of carbonyl (C=O) groups is 2. The Bertz CT molecular complexity index is 1410. The van der Waals surface area contributed by atoms with Gasteiger partial charge in [0.15, 0.2) is 0 Å². The molecule has 3 aromatic carbocycles. The quantitative estimate of drug-likeness (QED) is 0.302. The van der Waals surface area contributed by atoms with Crippen molar-refractivity contribution >= 4 is 40.8 Å². The topological polar surface area (TPSA) is 97.2 Å². The molecule has 9 heteroatoms. The van der Waals surface area contributed by atoms with Gasteiger partial charge >= 0.3 is 6.03 Å². The van der Waals surface area contributed by atoms with Crippen LogP contribution >= 0.6 is 11.8 Å². The summed E-state index contributed by atoms with van der Waals surface area (Å²) in [6, 6.07) is 25.3. The molecule has 1 atom stereocenters. The highest BCUT2D eigenvalue weighted by Crippen LogP contribution is 2.26. The third-order valence-corrected chi connectivity index (χ3v) is 6.74. The molecule has 0 spiro atoms. The van der Waals surface area contributed by atoms with Crippen LogP contribution in [0, 0.1) is 6.92 Å². The van der Waals surface area contributed by atoms with E-state index in [1.54, 1.807) is 49.8 Å². The van der Waals surface area contributed by atoms with E-state index in [9.17, 15) is 14.4 Å². The van der Waals surface area contributed by atoms with Crippen LogP contribution in [-0.4, -0.2) is 26.6 Å². The Morgan fingerprint density at radius 3 is 1.97 bits per heavy atom. The Morgan fingerprint density at radius 1 is 0.806 bits per heavy atom. The monoisotopic (exact) mass is 501 g/mol. The van der Waals surface area contributed by atoms with Crippen LogP contribution < -0.4 is 21.5 Å². The Kier molecular flexibility index (Phi) is 7.60. The number of para-hydroxylation sites is 2. The number of anilines is 3. The molecular formula is C27H27N5O3S. The van der Waals surface area contributed by atoms with Gasteiger partial charge in [0, 0.05) is 23.3 Å². The first-order valence-electron chi connectivity index (χ1n) is 11.4. The van der Waals surface area contributed by atoms with E-state index in [1.165, 1.54) is 16.4 Å². The third kappa shape index (κ3) is 5.69. The van der Waals surface area contributed by atoms with Gasteiger partial charge in [-0.05, 0) is 62.4 Å². The number of nitrogens with one attached hydrogen (secondary N) is 3. The van der Waals surface area contributed by atoms with Gasteiger partial charge in [-0.1, -0.05) is 36.4 Å². The molecule has 4 rings (SSSR count). The second kappa shape index (κ2) is 11.0. The van der Waals surface area contributed by atoms with Crippen molar-refractivity contribution in [2.45, 2.75) is 24.0 Å². The van der Waals surface area contributed by atoms with Crippen molar-refractivity contribution in [2.24, 2.45) is 7.05 Å². The van der Waals surface area contributed by atoms with Gasteiger partial charge in [0.2, 0.25) is 5.91 Å². The van der Waals surface area contributed by atoms with Gasteiger partial charge in [-0.3, -0.25) is 14.3 Å². The lowest BCUT2D eigenvalue weighted by Crippen LogP contribution is -2.27. The highest BCUT2D eigenvalue weighted by Gasteiger charge is 2.21. The zero-order valence-electron chi connectivity index (χ0n) is 20.2.